The zero-order valence-electron chi connectivity index (χ0n) is 11.5. The third-order valence-corrected chi connectivity index (χ3v) is 4.29. The zero-order chi connectivity index (χ0) is 15.0. The quantitative estimate of drug-likeness (QED) is 0.742. The Balaban J connectivity index is 1.99. The Morgan fingerprint density at radius 3 is 2.62 bits per heavy atom. The minimum atomic E-state index is -3.23. The highest BCUT2D eigenvalue weighted by Crippen LogP contribution is 2.25. The van der Waals surface area contributed by atoms with Crippen LogP contribution in [-0.4, -0.2) is 29.0 Å². The van der Waals surface area contributed by atoms with Crippen molar-refractivity contribution in [2.24, 2.45) is 0 Å². The molecule has 6 nitrogen and oxygen atoms in total. The van der Waals surface area contributed by atoms with Crippen LogP contribution in [0.1, 0.15) is 5.56 Å². The molecule has 2 aromatic heterocycles. The van der Waals surface area contributed by atoms with E-state index in [2.05, 4.69) is 9.97 Å². The number of nitrogens with zero attached hydrogens (tertiary/aromatic N) is 3. The van der Waals surface area contributed by atoms with Crippen LogP contribution in [-0.2, 0) is 9.84 Å². The van der Waals surface area contributed by atoms with E-state index in [0.29, 0.717) is 27.9 Å². The second kappa shape index (κ2) is 4.85. The van der Waals surface area contributed by atoms with Crippen LogP contribution in [0, 0.1) is 6.92 Å². The van der Waals surface area contributed by atoms with Crippen LogP contribution in [0.4, 0.5) is 0 Å². The first-order valence-electron chi connectivity index (χ1n) is 6.22. The van der Waals surface area contributed by atoms with Gasteiger partial charge in [-0.3, -0.25) is 4.40 Å². The van der Waals surface area contributed by atoms with Crippen molar-refractivity contribution < 1.29 is 13.2 Å². The fourth-order valence-electron chi connectivity index (χ4n) is 2.12. The summed E-state index contributed by atoms with van der Waals surface area (Å²) in [5.41, 5.74) is 0.644. The highest BCUT2D eigenvalue weighted by atomic mass is 32.2. The van der Waals surface area contributed by atoms with Gasteiger partial charge in [-0.1, -0.05) is 0 Å². The molecular formula is C14H13N3O3S. The first-order chi connectivity index (χ1) is 9.95. The average molecular weight is 303 g/mol. The maximum absolute atomic E-state index is 11.6. The van der Waals surface area contributed by atoms with Gasteiger partial charge in [-0.25, -0.2) is 18.4 Å². The molecule has 2 heterocycles. The number of aryl methyl sites for hydroxylation is 1. The first-order valence-corrected chi connectivity index (χ1v) is 8.11. The zero-order valence-corrected chi connectivity index (χ0v) is 12.3. The topological polar surface area (TPSA) is 73.6 Å². The molecule has 0 saturated heterocycles. The number of ether oxygens (including phenoxy) is 1. The van der Waals surface area contributed by atoms with Crippen LogP contribution in [0.3, 0.4) is 0 Å². The fraction of sp³-hybridized carbons (Fsp3) is 0.143. The number of fused-ring (bicyclic) bond motifs is 1. The highest BCUT2D eigenvalue weighted by Gasteiger charge is 2.12. The molecule has 0 unspecified atom stereocenters. The van der Waals surface area contributed by atoms with E-state index in [1.54, 1.807) is 54.2 Å². The lowest BCUT2D eigenvalue weighted by atomic mass is 10.2. The third-order valence-electron chi connectivity index (χ3n) is 3.03. The monoisotopic (exact) mass is 303 g/mol. The summed E-state index contributed by atoms with van der Waals surface area (Å²) in [6.45, 7) is 1.74. The van der Waals surface area contributed by atoms with Gasteiger partial charge < -0.3 is 4.74 Å². The van der Waals surface area contributed by atoms with Crippen molar-refractivity contribution in [2.75, 3.05) is 6.26 Å². The number of imidazole rings is 1. The van der Waals surface area contributed by atoms with E-state index in [-0.39, 0.29) is 0 Å². The Kier molecular flexibility index (Phi) is 3.13. The van der Waals surface area contributed by atoms with E-state index in [1.165, 1.54) is 6.26 Å². The summed E-state index contributed by atoms with van der Waals surface area (Å²) in [6, 6.07) is 6.59. The molecule has 0 radical (unpaired) electrons. The summed E-state index contributed by atoms with van der Waals surface area (Å²) in [7, 11) is -3.23. The molecular weight excluding hydrogens is 290 g/mol. The average Bonchev–Trinajstić information content (AvgIpc) is 2.86. The third kappa shape index (κ3) is 2.59. The number of sulfone groups is 1. The van der Waals surface area contributed by atoms with Gasteiger partial charge in [0.2, 0.25) is 11.7 Å². The van der Waals surface area contributed by atoms with Crippen molar-refractivity contribution in [3.8, 4) is 11.6 Å². The van der Waals surface area contributed by atoms with Crippen molar-refractivity contribution in [3.63, 3.8) is 0 Å². The van der Waals surface area contributed by atoms with Gasteiger partial charge in [-0.15, -0.1) is 0 Å². The lowest BCUT2D eigenvalue weighted by molar-refractivity contribution is 0.454. The Morgan fingerprint density at radius 1 is 1.14 bits per heavy atom. The predicted molar refractivity (Wildman–Crippen MR) is 77.3 cm³/mol. The summed E-state index contributed by atoms with van der Waals surface area (Å²) >= 11 is 0. The van der Waals surface area contributed by atoms with E-state index >= 15 is 0 Å². The molecule has 0 amide bonds. The van der Waals surface area contributed by atoms with Gasteiger partial charge in [0, 0.05) is 30.9 Å². The van der Waals surface area contributed by atoms with Crippen LogP contribution in [0.2, 0.25) is 0 Å². The largest absolute Gasteiger partial charge is 0.440 e. The second-order valence-electron chi connectivity index (χ2n) is 4.68. The second-order valence-corrected chi connectivity index (χ2v) is 6.67. The summed E-state index contributed by atoms with van der Waals surface area (Å²) in [5.74, 6) is 1.65. The number of hydrogen-bond donors (Lipinski definition) is 0. The number of hydrogen-bond acceptors (Lipinski definition) is 5. The van der Waals surface area contributed by atoms with Gasteiger partial charge in [0.1, 0.15) is 5.75 Å². The lowest BCUT2D eigenvalue weighted by Gasteiger charge is -2.10. The van der Waals surface area contributed by atoms with Crippen molar-refractivity contribution in [3.05, 3.63) is 48.4 Å². The molecule has 0 saturated carbocycles. The van der Waals surface area contributed by atoms with E-state index < -0.39 is 9.84 Å². The van der Waals surface area contributed by atoms with Crippen LogP contribution < -0.4 is 4.74 Å². The van der Waals surface area contributed by atoms with Crippen LogP contribution >= 0.6 is 0 Å². The number of aromatic nitrogens is 3. The molecule has 108 valence electrons. The highest BCUT2D eigenvalue weighted by molar-refractivity contribution is 7.90. The molecule has 0 aliphatic carbocycles. The van der Waals surface area contributed by atoms with Crippen molar-refractivity contribution in [2.45, 2.75) is 11.8 Å². The smallest absolute Gasteiger partial charge is 0.236 e. The van der Waals surface area contributed by atoms with E-state index in [4.69, 9.17) is 4.74 Å². The summed E-state index contributed by atoms with van der Waals surface area (Å²) in [4.78, 5) is 8.48. The van der Waals surface area contributed by atoms with Gasteiger partial charge in [0.15, 0.2) is 9.84 Å². The molecule has 0 N–H and O–H groups in total. The molecule has 21 heavy (non-hydrogen) atoms. The molecule has 0 fully saturated rings. The van der Waals surface area contributed by atoms with Gasteiger partial charge in [0.25, 0.3) is 0 Å². The van der Waals surface area contributed by atoms with Gasteiger partial charge in [0.05, 0.1) is 4.90 Å². The molecule has 7 heteroatoms. The van der Waals surface area contributed by atoms with Crippen molar-refractivity contribution >= 4 is 15.6 Å². The number of rotatable bonds is 3. The predicted octanol–water partition coefficient (Wildman–Crippen LogP) is 2.23. The summed E-state index contributed by atoms with van der Waals surface area (Å²) < 4.78 is 30.7. The molecule has 1 aromatic carbocycles. The Morgan fingerprint density at radius 2 is 1.90 bits per heavy atom. The van der Waals surface area contributed by atoms with E-state index in [9.17, 15) is 8.42 Å². The fourth-order valence-corrected chi connectivity index (χ4v) is 3.08. The first kappa shape index (κ1) is 13.6. The van der Waals surface area contributed by atoms with Crippen LogP contribution in [0.15, 0.2) is 47.8 Å². The molecule has 0 bridgehead atoms. The molecule has 0 atom stereocenters. The standard InChI is InChI=1S/C14H13N3O3S/c1-10-9-11(3-4-12(10)21(2,18)19)20-13-5-6-15-14-16-7-8-17(13)14/h3-9H,1-2H3. The number of benzene rings is 1. The van der Waals surface area contributed by atoms with Gasteiger partial charge >= 0.3 is 0 Å². The Labute approximate surface area is 122 Å². The molecule has 0 spiro atoms. The Hall–Kier alpha value is -2.41. The van der Waals surface area contributed by atoms with Crippen molar-refractivity contribution in [1.29, 1.82) is 0 Å². The van der Waals surface area contributed by atoms with Crippen LogP contribution in [0.25, 0.3) is 5.78 Å². The molecule has 3 aromatic rings. The minimum absolute atomic E-state index is 0.303. The normalized spacial score (nSPS) is 11.7. The van der Waals surface area contributed by atoms with Crippen LogP contribution in [0.5, 0.6) is 11.6 Å². The maximum atomic E-state index is 11.6. The maximum Gasteiger partial charge on any atom is 0.236 e. The van der Waals surface area contributed by atoms with Gasteiger partial charge in [-0.2, -0.15) is 0 Å². The summed E-state index contributed by atoms with van der Waals surface area (Å²) in [5, 5.41) is 0. The Bertz CT molecular complexity index is 916. The van der Waals surface area contributed by atoms with E-state index in [1.807, 2.05) is 0 Å². The minimum Gasteiger partial charge on any atom is -0.440 e. The molecule has 0 aliphatic rings. The molecule has 0 aliphatic heterocycles. The van der Waals surface area contributed by atoms with E-state index in [0.717, 1.165) is 0 Å². The van der Waals surface area contributed by atoms with Gasteiger partial charge in [-0.05, 0) is 30.7 Å². The summed E-state index contributed by atoms with van der Waals surface area (Å²) in [6.07, 6.45) is 6.17. The SMILES string of the molecule is Cc1cc(Oc2ccnc3nccn23)ccc1S(C)(=O)=O. The molecule has 3 rings (SSSR count). The lowest BCUT2D eigenvalue weighted by Crippen LogP contribution is -2.00. The van der Waals surface area contributed by atoms with Crippen molar-refractivity contribution in [1.82, 2.24) is 14.4 Å².